The standard InChI is InChI=1S/C60H36N6/c61-37-41-22-10-12-26-45(41)50-34-43(60-63-52(39-18-4-1-5-19-39)36-53(64-60)40-20-6-2-7-21-40)35-51(46-27-13-11-23-42(46)38-62)58(50)66-55-31-17-15-29-49(55)57-56(66)33-32-48-47-28-14-16-30-54(47)65(59(48)57)44-24-8-3-9-25-44/h1-36H. The summed E-state index contributed by atoms with van der Waals surface area (Å²) in [5.41, 5.74) is 14.5. The summed E-state index contributed by atoms with van der Waals surface area (Å²) in [5, 5.41) is 26.1. The van der Waals surface area contributed by atoms with E-state index in [1.165, 1.54) is 5.39 Å². The van der Waals surface area contributed by atoms with Gasteiger partial charge in [0.2, 0.25) is 0 Å². The summed E-state index contributed by atoms with van der Waals surface area (Å²) < 4.78 is 4.72. The van der Waals surface area contributed by atoms with E-state index in [0.29, 0.717) is 17.0 Å². The van der Waals surface area contributed by atoms with Crippen LogP contribution < -0.4 is 0 Å². The van der Waals surface area contributed by atoms with Gasteiger partial charge in [0.25, 0.3) is 0 Å². The minimum atomic E-state index is 0.518. The third-order valence-corrected chi connectivity index (χ3v) is 12.6. The molecule has 0 atom stereocenters. The lowest BCUT2D eigenvalue weighted by Gasteiger charge is -2.22. The van der Waals surface area contributed by atoms with Crippen LogP contribution in [0.1, 0.15) is 11.1 Å². The second-order valence-electron chi connectivity index (χ2n) is 16.3. The fourth-order valence-electron chi connectivity index (χ4n) is 9.73. The number of benzene rings is 9. The van der Waals surface area contributed by atoms with Gasteiger partial charge < -0.3 is 9.13 Å². The summed E-state index contributed by atoms with van der Waals surface area (Å²) in [6, 6.07) is 79.3. The molecule has 3 heterocycles. The number of hydrogen-bond acceptors (Lipinski definition) is 4. The van der Waals surface area contributed by atoms with Gasteiger partial charge in [-0.25, -0.2) is 9.97 Å². The molecule has 0 unspecified atom stereocenters. The quantitative estimate of drug-likeness (QED) is 0.160. The van der Waals surface area contributed by atoms with Gasteiger partial charge >= 0.3 is 0 Å². The van der Waals surface area contributed by atoms with Crippen molar-refractivity contribution in [1.29, 1.82) is 10.5 Å². The Balaban J connectivity index is 1.26. The van der Waals surface area contributed by atoms with Crippen molar-refractivity contribution in [2.45, 2.75) is 0 Å². The molecule has 0 saturated heterocycles. The van der Waals surface area contributed by atoms with Crippen molar-refractivity contribution in [2.75, 3.05) is 0 Å². The first kappa shape index (κ1) is 38.3. The minimum Gasteiger partial charge on any atom is -0.309 e. The van der Waals surface area contributed by atoms with E-state index < -0.39 is 0 Å². The Bertz CT molecular complexity index is 3810. The molecule has 0 radical (unpaired) electrons. The van der Waals surface area contributed by atoms with Gasteiger partial charge in [-0.15, -0.1) is 0 Å². The van der Waals surface area contributed by atoms with Gasteiger partial charge in [-0.1, -0.05) is 158 Å². The lowest BCUT2D eigenvalue weighted by atomic mass is 9.89. The highest BCUT2D eigenvalue weighted by Gasteiger charge is 2.27. The predicted octanol–water partition coefficient (Wildman–Crippen LogP) is 14.7. The first-order valence-electron chi connectivity index (χ1n) is 21.9. The number of para-hydroxylation sites is 3. The van der Waals surface area contributed by atoms with Gasteiger partial charge in [0, 0.05) is 66.2 Å². The summed E-state index contributed by atoms with van der Waals surface area (Å²) in [5.74, 6) is 0.518. The highest BCUT2D eigenvalue weighted by Crippen LogP contribution is 2.47. The van der Waals surface area contributed by atoms with Crippen LogP contribution in [0.25, 0.3) is 111 Å². The van der Waals surface area contributed by atoms with Gasteiger partial charge in [-0.2, -0.15) is 10.5 Å². The molecule has 0 amide bonds. The maximum Gasteiger partial charge on any atom is 0.160 e. The van der Waals surface area contributed by atoms with Crippen LogP contribution in [-0.4, -0.2) is 19.1 Å². The Labute approximate surface area is 380 Å². The van der Waals surface area contributed by atoms with Crippen LogP contribution in [-0.2, 0) is 0 Å². The molecule has 0 aliphatic carbocycles. The van der Waals surface area contributed by atoms with Gasteiger partial charge in [0.15, 0.2) is 5.82 Å². The van der Waals surface area contributed by atoms with Gasteiger partial charge in [-0.3, -0.25) is 0 Å². The fourth-order valence-corrected chi connectivity index (χ4v) is 9.73. The number of aromatic nitrogens is 4. The Morgan fingerprint density at radius 3 is 1.42 bits per heavy atom. The Morgan fingerprint density at radius 1 is 0.364 bits per heavy atom. The summed E-state index contributed by atoms with van der Waals surface area (Å²) in [7, 11) is 0. The molecule has 12 rings (SSSR count). The molecule has 0 spiro atoms. The van der Waals surface area contributed by atoms with Crippen LogP contribution in [0.3, 0.4) is 0 Å². The van der Waals surface area contributed by atoms with Crippen molar-refractivity contribution in [1.82, 2.24) is 19.1 Å². The van der Waals surface area contributed by atoms with Crippen LogP contribution in [0.4, 0.5) is 0 Å². The molecule has 6 heteroatoms. The second kappa shape index (κ2) is 15.8. The average molecular weight is 841 g/mol. The lowest BCUT2D eigenvalue weighted by Crippen LogP contribution is -2.04. The molecule has 9 aromatic carbocycles. The van der Waals surface area contributed by atoms with Crippen molar-refractivity contribution in [2.24, 2.45) is 0 Å². The number of rotatable bonds is 7. The topological polar surface area (TPSA) is 83.2 Å². The summed E-state index contributed by atoms with van der Waals surface area (Å²) in [4.78, 5) is 10.6. The van der Waals surface area contributed by atoms with E-state index in [1.54, 1.807) is 0 Å². The zero-order chi connectivity index (χ0) is 44.1. The van der Waals surface area contributed by atoms with E-state index >= 15 is 0 Å². The number of nitriles is 2. The van der Waals surface area contributed by atoms with Gasteiger partial charge in [-0.05, 0) is 60.7 Å². The lowest BCUT2D eigenvalue weighted by molar-refractivity contribution is 1.16. The van der Waals surface area contributed by atoms with E-state index in [2.05, 4.69) is 149 Å². The fraction of sp³-hybridized carbons (Fsp3) is 0. The van der Waals surface area contributed by atoms with Gasteiger partial charge in [0.05, 0.1) is 62.4 Å². The highest BCUT2D eigenvalue weighted by atomic mass is 15.0. The van der Waals surface area contributed by atoms with E-state index in [0.717, 1.165) is 99.9 Å². The molecule has 6 nitrogen and oxygen atoms in total. The van der Waals surface area contributed by atoms with Crippen LogP contribution >= 0.6 is 0 Å². The molecule has 0 N–H and O–H groups in total. The zero-order valence-electron chi connectivity index (χ0n) is 35.5. The molecule has 0 bridgehead atoms. The van der Waals surface area contributed by atoms with E-state index in [1.807, 2.05) is 91.0 Å². The van der Waals surface area contributed by atoms with Gasteiger partial charge in [0.1, 0.15) is 0 Å². The zero-order valence-corrected chi connectivity index (χ0v) is 35.5. The summed E-state index contributed by atoms with van der Waals surface area (Å²) in [6.45, 7) is 0. The first-order valence-corrected chi connectivity index (χ1v) is 21.9. The van der Waals surface area contributed by atoms with E-state index in [4.69, 9.17) is 9.97 Å². The molecule has 12 aromatic rings. The van der Waals surface area contributed by atoms with Crippen LogP contribution in [0.2, 0.25) is 0 Å². The van der Waals surface area contributed by atoms with Crippen LogP contribution in [0.5, 0.6) is 0 Å². The summed E-state index contributed by atoms with van der Waals surface area (Å²) in [6.07, 6.45) is 0. The van der Waals surface area contributed by atoms with Crippen molar-refractivity contribution in [3.63, 3.8) is 0 Å². The van der Waals surface area contributed by atoms with Crippen molar-refractivity contribution < 1.29 is 0 Å². The first-order chi connectivity index (χ1) is 32.7. The molecule has 0 saturated carbocycles. The minimum absolute atomic E-state index is 0.518. The smallest absolute Gasteiger partial charge is 0.160 e. The highest BCUT2D eigenvalue weighted by molar-refractivity contribution is 6.26. The van der Waals surface area contributed by atoms with Crippen LogP contribution in [0, 0.1) is 22.7 Å². The Hall–Kier alpha value is -9.36. The third-order valence-electron chi connectivity index (χ3n) is 12.6. The largest absolute Gasteiger partial charge is 0.309 e. The molecule has 0 aliphatic heterocycles. The number of nitrogens with zero attached hydrogens (tertiary/aromatic N) is 6. The molecule has 0 aliphatic rings. The van der Waals surface area contributed by atoms with Crippen molar-refractivity contribution in [3.05, 3.63) is 230 Å². The maximum absolute atomic E-state index is 10.8. The predicted molar refractivity (Wildman–Crippen MR) is 267 cm³/mol. The second-order valence-corrected chi connectivity index (χ2v) is 16.3. The Morgan fingerprint density at radius 2 is 0.848 bits per heavy atom. The SMILES string of the molecule is N#Cc1ccccc1-c1cc(-c2nc(-c3ccccc3)cc(-c3ccccc3)n2)cc(-c2ccccc2C#N)c1-n1c2ccccc2c2c1ccc1c3ccccc3n(-c3ccccc3)c12. The third kappa shape index (κ3) is 6.17. The molecule has 0 fully saturated rings. The molecular formula is C60H36N6. The molecule has 3 aromatic heterocycles. The average Bonchev–Trinajstić information content (AvgIpc) is 3.91. The number of fused-ring (bicyclic) bond motifs is 7. The van der Waals surface area contributed by atoms with Crippen molar-refractivity contribution in [3.8, 4) is 79.7 Å². The van der Waals surface area contributed by atoms with Crippen molar-refractivity contribution >= 4 is 43.6 Å². The van der Waals surface area contributed by atoms with Crippen LogP contribution in [0.15, 0.2) is 218 Å². The summed E-state index contributed by atoms with van der Waals surface area (Å²) >= 11 is 0. The molecule has 66 heavy (non-hydrogen) atoms. The Kier molecular flexibility index (Phi) is 9.16. The van der Waals surface area contributed by atoms with E-state index in [-0.39, 0.29) is 0 Å². The van der Waals surface area contributed by atoms with E-state index in [9.17, 15) is 10.5 Å². The molecule has 306 valence electrons. The molecular weight excluding hydrogens is 805 g/mol. The maximum atomic E-state index is 10.8. The monoisotopic (exact) mass is 840 g/mol. The normalized spacial score (nSPS) is 11.3. The number of hydrogen-bond donors (Lipinski definition) is 0.